The number of rotatable bonds is 19. The van der Waals surface area contributed by atoms with Gasteiger partial charge in [-0.2, -0.15) is 0 Å². The van der Waals surface area contributed by atoms with Crippen LogP contribution < -0.4 is 10.6 Å². The molecule has 196 valence electrons. The van der Waals surface area contributed by atoms with E-state index < -0.39 is 4.92 Å². The number of ether oxygens (including phenoxy) is 2. The minimum atomic E-state index is -0.479. The molecule has 2 heterocycles. The van der Waals surface area contributed by atoms with Crippen LogP contribution in [-0.2, 0) is 35.8 Å². The standard InChI is InChI=1S/C24H39N5O6/c1-27(2)15-20-7-9-22(34-20)18-32-13-5-11-25-24(17-29(30)31)26-12-6-14-33-19-23-10-8-21(35-23)16-28(3)4/h7-10,17,25-26H,5-6,11-16,18-19H2,1-4H3. The molecular formula is C24H39N5O6. The Morgan fingerprint density at radius 1 is 0.857 bits per heavy atom. The van der Waals surface area contributed by atoms with Gasteiger partial charge in [0.2, 0.25) is 0 Å². The highest BCUT2D eigenvalue weighted by Gasteiger charge is 2.06. The van der Waals surface area contributed by atoms with Crippen molar-refractivity contribution in [3.63, 3.8) is 0 Å². The molecule has 2 rings (SSSR count). The van der Waals surface area contributed by atoms with E-state index in [0.29, 0.717) is 58.2 Å². The maximum Gasteiger partial charge on any atom is 0.274 e. The fourth-order valence-electron chi connectivity index (χ4n) is 3.19. The molecule has 2 aromatic rings. The Bertz CT molecular complexity index is 830. The Morgan fingerprint density at radius 2 is 1.29 bits per heavy atom. The number of nitro groups is 1. The SMILES string of the molecule is CN(C)Cc1ccc(COCCCNC(=C[N+](=O)[O-])NCCCOCc2ccc(CN(C)C)o2)o1. The van der Waals surface area contributed by atoms with Gasteiger partial charge in [0.25, 0.3) is 6.20 Å². The summed E-state index contributed by atoms with van der Waals surface area (Å²) in [6, 6.07) is 7.73. The molecule has 0 aliphatic rings. The Kier molecular flexibility index (Phi) is 12.9. The zero-order chi connectivity index (χ0) is 25.5. The quantitative estimate of drug-likeness (QED) is 0.172. The maximum absolute atomic E-state index is 10.9. The summed E-state index contributed by atoms with van der Waals surface area (Å²) >= 11 is 0. The average Bonchev–Trinajstić information content (AvgIpc) is 3.40. The Balaban J connectivity index is 1.55. The molecular weight excluding hydrogens is 454 g/mol. The molecule has 11 nitrogen and oxygen atoms in total. The van der Waals surface area contributed by atoms with E-state index in [0.717, 1.165) is 42.3 Å². The second kappa shape index (κ2) is 15.9. The van der Waals surface area contributed by atoms with E-state index in [2.05, 4.69) is 10.6 Å². The monoisotopic (exact) mass is 493 g/mol. The van der Waals surface area contributed by atoms with E-state index in [4.69, 9.17) is 18.3 Å². The molecule has 0 saturated carbocycles. The molecule has 0 amide bonds. The Morgan fingerprint density at radius 3 is 1.69 bits per heavy atom. The molecule has 0 atom stereocenters. The predicted molar refractivity (Wildman–Crippen MR) is 132 cm³/mol. The summed E-state index contributed by atoms with van der Waals surface area (Å²) in [6.07, 6.45) is 2.33. The number of nitrogens with zero attached hydrogens (tertiary/aromatic N) is 3. The number of furan rings is 2. The van der Waals surface area contributed by atoms with Gasteiger partial charge in [-0.05, 0) is 65.3 Å². The summed E-state index contributed by atoms with van der Waals surface area (Å²) in [4.78, 5) is 14.5. The summed E-state index contributed by atoms with van der Waals surface area (Å²) in [5.74, 6) is 3.74. The first-order chi connectivity index (χ1) is 16.8. The van der Waals surface area contributed by atoms with Crippen molar-refractivity contribution in [2.75, 3.05) is 54.5 Å². The number of hydrogen-bond donors (Lipinski definition) is 2. The molecule has 0 aliphatic carbocycles. The lowest BCUT2D eigenvalue weighted by molar-refractivity contribution is -0.404. The fraction of sp³-hybridized carbons (Fsp3) is 0.583. The van der Waals surface area contributed by atoms with Crippen molar-refractivity contribution in [2.45, 2.75) is 39.1 Å². The van der Waals surface area contributed by atoms with Crippen LogP contribution in [0.3, 0.4) is 0 Å². The third-order valence-electron chi connectivity index (χ3n) is 4.66. The van der Waals surface area contributed by atoms with Crippen LogP contribution in [0.15, 0.2) is 45.1 Å². The molecule has 2 aromatic heterocycles. The molecule has 0 unspecified atom stereocenters. The largest absolute Gasteiger partial charge is 0.462 e. The van der Waals surface area contributed by atoms with Crippen LogP contribution in [-0.4, -0.2) is 69.2 Å². The second-order valence-corrected chi connectivity index (χ2v) is 8.71. The van der Waals surface area contributed by atoms with Crippen LogP contribution >= 0.6 is 0 Å². The zero-order valence-electron chi connectivity index (χ0n) is 21.2. The second-order valence-electron chi connectivity index (χ2n) is 8.71. The van der Waals surface area contributed by atoms with Gasteiger partial charge in [-0.25, -0.2) is 0 Å². The van der Waals surface area contributed by atoms with Crippen molar-refractivity contribution < 1.29 is 23.2 Å². The fourth-order valence-corrected chi connectivity index (χ4v) is 3.19. The maximum atomic E-state index is 10.9. The van der Waals surface area contributed by atoms with Crippen molar-refractivity contribution in [1.29, 1.82) is 0 Å². The number of nitrogens with one attached hydrogen (secondary N) is 2. The highest BCUT2D eigenvalue weighted by molar-refractivity contribution is 5.07. The zero-order valence-corrected chi connectivity index (χ0v) is 21.2. The summed E-state index contributed by atoms with van der Waals surface area (Å²) in [5.41, 5.74) is 0. The first-order valence-electron chi connectivity index (χ1n) is 11.7. The molecule has 11 heteroatoms. The Labute approximate surface area is 207 Å². The molecule has 0 aromatic carbocycles. The van der Waals surface area contributed by atoms with Gasteiger partial charge >= 0.3 is 0 Å². The normalized spacial score (nSPS) is 11.3. The van der Waals surface area contributed by atoms with Gasteiger partial charge in [0.1, 0.15) is 36.3 Å². The molecule has 35 heavy (non-hydrogen) atoms. The molecule has 0 fully saturated rings. The first kappa shape index (κ1) is 28.4. The van der Waals surface area contributed by atoms with Crippen LogP contribution in [0.5, 0.6) is 0 Å². The van der Waals surface area contributed by atoms with Crippen molar-refractivity contribution in [2.24, 2.45) is 0 Å². The van der Waals surface area contributed by atoms with E-state index >= 15 is 0 Å². The van der Waals surface area contributed by atoms with Crippen LogP contribution in [0, 0.1) is 10.1 Å². The van der Waals surface area contributed by atoms with Gasteiger partial charge in [0, 0.05) is 26.3 Å². The van der Waals surface area contributed by atoms with E-state index in [1.165, 1.54) is 0 Å². The van der Waals surface area contributed by atoms with Gasteiger partial charge in [-0.15, -0.1) is 0 Å². The van der Waals surface area contributed by atoms with E-state index in [-0.39, 0.29) is 0 Å². The van der Waals surface area contributed by atoms with Gasteiger partial charge in [0.15, 0.2) is 5.82 Å². The van der Waals surface area contributed by atoms with Gasteiger partial charge in [0.05, 0.1) is 18.0 Å². The van der Waals surface area contributed by atoms with Gasteiger partial charge < -0.3 is 38.7 Å². The molecule has 0 bridgehead atoms. The van der Waals surface area contributed by atoms with E-state index in [1.807, 2.05) is 62.3 Å². The summed E-state index contributed by atoms with van der Waals surface area (Å²) < 4.78 is 22.7. The predicted octanol–water partition coefficient (Wildman–Crippen LogP) is 2.76. The number of hydrogen-bond acceptors (Lipinski definition) is 10. The minimum Gasteiger partial charge on any atom is -0.462 e. The molecule has 0 spiro atoms. The molecule has 0 saturated heterocycles. The van der Waals surface area contributed by atoms with Crippen molar-refractivity contribution in [3.05, 3.63) is 69.4 Å². The van der Waals surface area contributed by atoms with E-state index in [9.17, 15) is 10.1 Å². The van der Waals surface area contributed by atoms with Crippen LogP contribution in [0.2, 0.25) is 0 Å². The molecule has 0 aliphatic heterocycles. The van der Waals surface area contributed by atoms with Crippen molar-refractivity contribution in [3.8, 4) is 0 Å². The van der Waals surface area contributed by atoms with Crippen molar-refractivity contribution >= 4 is 0 Å². The van der Waals surface area contributed by atoms with Crippen LogP contribution in [0.4, 0.5) is 0 Å². The first-order valence-corrected chi connectivity index (χ1v) is 11.7. The molecule has 2 N–H and O–H groups in total. The van der Waals surface area contributed by atoms with Crippen LogP contribution in [0.25, 0.3) is 0 Å². The van der Waals surface area contributed by atoms with Gasteiger partial charge in [-0.3, -0.25) is 10.1 Å². The topological polar surface area (TPSA) is 118 Å². The smallest absolute Gasteiger partial charge is 0.274 e. The van der Waals surface area contributed by atoms with Crippen molar-refractivity contribution in [1.82, 2.24) is 20.4 Å². The Hall–Kier alpha value is -2.86. The summed E-state index contributed by atoms with van der Waals surface area (Å²) in [7, 11) is 7.95. The molecule has 0 radical (unpaired) electrons. The summed E-state index contributed by atoms with van der Waals surface area (Å²) in [6.45, 7) is 4.41. The van der Waals surface area contributed by atoms with E-state index in [1.54, 1.807) is 0 Å². The highest BCUT2D eigenvalue weighted by Crippen LogP contribution is 2.11. The third-order valence-corrected chi connectivity index (χ3v) is 4.66. The minimum absolute atomic E-state index is 0.369. The van der Waals surface area contributed by atoms with Gasteiger partial charge in [-0.1, -0.05) is 0 Å². The summed E-state index contributed by atoms with van der Waals surface area (Å²) in [5, 5.41) is 17.0. The average molecular weight is 494 g/mol. The lowest BCUT2D eigenvalue weighted by Gasteiger charge is -2.11. The highest BCUT2D eigenvalue weighted by atomic mass is 16.6. The third kappa shape index (κ3) is 13.0. The lowest BCUT2D eigenvalue weighted by atomic mass is 10.4. The lowest BCUT2D eigenvalue weighted by Crippen LogP contribution is -2.29. The van der Waals surface area contributed by atoms with Crippen LogP contribution in [0.1, 0.15) is 35.9 Å².